The van der Waals surface area contributed by atoms with Crippen molar-refractivity contribution in [3.63, 3.8) is 0 Å². The first-order valence-electron chi connectivity index (χ1n) is 7.86. The van der Waals surface area contributed by atoms with E-state index in [1.54, 1.807) is 9.80 Å². The van der Waals surface area contributed by atoms with Crippen molar-refractivity contribution in [1.82, 2.24) is 0 Å². The molecule has 0 aromatic heterocycles. The van der Waals surface area contributed by atoms with Crippen LogP contribution < -0.4 is 9.80 Å². The normalized spacial score (nSPS) is 21.7. The summed E-state index contributed by atoms with van der Waals surface area (Å²) in [6.07, 6.45) is 0. The Kier molecular flexibility index (Phi) is 5.53. The molecule has 4 heteroatoms. The number of halogens is 2. The molecule has 1 aliphatic rings. The first kappa shape index (κ1) is 16.0. The molecule has 1 fully saturated rings. The Morgan fingerprint density at radius 1 is 0.864 bits per heavy atom. The Morgan fingerprint density at radius 3 is 2.23 bits per heavy atom. The molecule has 1 heterocycles. The third kappa shape index (κ3) is 4.32. The van der Waals surface area contributed by atoms with Gasteiger partial charge in [-0.15, -0.1) is 0 Å². The summed E-state index contributed by atoms with van der Waals surface area (Å²) in [5.41, 5.74) is 2.69. The zero-order valence-electron chi connectivity index (χ0n) is 12.6. The van der Waals surface area contributed by atoms with Crippen molar-refractivity contribution < 1.29 is 9.80 Å². The maximum Gasteiger partial charge on any atom is 0.127 e. The molecule has 2 N–H and O–H groups in total. The predicted octanol–water partition coefficient (Wildman–Crippen LogP) is 1.59. The van der Waals surface area contributed by atoms with Gasteiger partial charge in [0.1, 0.15) is 39.3 Å². The van der Waals surface area contributed by atoms with Crippen LogP contribution in [-0.4, -0.2) is 26.2 Å². The van der Waals surface area contributed by atoms with Gasteiger partial charge in [-0.2, -0.15) is 0 Å². The average molecular weight is 382 g/mol. The van der Waals surface area contributed by atoms with Crippen LogP contribution in [0.2, 0.25) is 5.02 Å². The van der Waals surface area contributed by atoms with Gasteiger partial charge in [0, 0.05) is 20.6 Å². The molecule has 2 nitrogen and oxygen atoms in total. The van der Waals surface area contributed by atoms with Gasteiger partial charge >= 0.3 is 0 Å². The molecule has 0 saturated carbocycles. The topological polar surface area (TPSA) is 8.88 Å². The summed E-state index contributed by atoms with van der Waals surface area (Å²) in [6.45, 7) is 7.06. The van der Waals surface area contributed by atoms with Crippen molar-refractivity contribution in [3.8, 4) is 0 Å². The third-order valence-electron chi connectivity index (χ3n) is 4.41. The summed E-state index contributed by atoms with van der Waals surface area (Å²) in [7, 11) is 0. The Morgan fingerprint density at radius 2 is 1.55 bits per heavy atom. The van der Waals surface area contributed by atoms with E-state index in [9.17, 15) is 0 Å². The lowest BCUT2D eigenvalue weighted by atomic mass is 10.1. The Bertz CT molecular complexity index is 624. The molecular formula is C18H22BrClN2+2. The van der Waals surface area contributed by atoms with E-state index < -0.39 is 0 Å². The van der Waals surface area contributed by atoms with E-state index in [2.05, 4.69) is 52.3 Å². The molecule has 1 aliphatic heterocycles. The Balaban J connectivity index is 1.51. The van der Waals surface area contributed by atoms with E-state index in [4.69, 9.17) is 11.6 Å². The van der Waals surface area contributed by atoms with E-state index in [0.717, 1.165) is 18.1 Å². The minimum absolute atomic E-state index is 0.902. The van der Waals surface area contributed by atoms with Gasteiger partial charge in [-0.05, 0) is 18.2 Å². The standard InChI is InChI=1S/C18H20BrClN2/c19-17-6-3-4-15(12-17)13-21-8-10-22(11-9-21)14-16-5-1-2-7-18(16)20/h1-7,12H,8-11,13-14H2/p+2. The Hall–Kier alpha value is -0.870. The van der Waals surface area contributed by atoms with Crippen LogP contribution in [0.3, 0.4) is 0 Å². The molecule has 0 amide bonds. The molecule has 2 aromatic rings. The van der Waals surface area contributed by atoms with Crippen LogP contribution in [0.15, 0.2) is 53.0 Å². The monoisotopic (exact) mass is 380 g/mol. The van der Waals surface area contributed by atoms with Gasteiger partial charge in [0.25, 0.3) is 0 Å². The van der Waals surface area contributed by atoms with E-state index in [-0.39, 0.29) is 0 Å². The minimum Gasteiger partial charge on any atom is -0.322 e. The van der Waals surface area contributed by atoms with Gasteiger partial charge in [-0.1, -0.05) is 57.9 Å². The molecule has 0 bridgehead atoms. The van der Waals surface area contributed by atoms with E-state index in [1.165, 1.54) is 41.8 Å². The highest BCUT2D eigenvalue weighted by Crippen LogP contribution is 2.13. The summed E-state index contributed by atoms with van der Waals surface area (Å²) in [5, 5.41) is 0.902. The zero-order chi connectivity index (χ0) is 15.4. The first-order valence-corrected chi connectivity index (χ1v) is 9.03. The Labute approximate surface area is 145 Å². The molecule has 0 unspecified atom stereocenters. The predicted molar refractivity (Wildman–Crippen MR) is 94.4 cm³/mol. The highest BCUT2D eigenvalue weighted by Gasteiger charge is 2.23. The first-order chi connectivity index (χ1) is 10.7. The van der Waals surface area contributed by atoms with Gasteiger partial charge < -0.3 is 9.80 Å². The van der Waals surface area contributed by atoms with Crippen molar-refractivity contribution in [2.75, 3.05) is 26.2 Å². The lowest BCUT2D eigenvalue weighted by Crippen LogP contribution is -3.27. The summed E-state index contributed by atoms with van der Waals surface area (Å²) >= 11 is 9.83. The van der Waals surface area contributed by atoms with E-state index in [1.807, 2.05) is 12.1 Å². The highest BCUT2D eigenvalue weighted by atomic mass is 79.9. The van der Waals surface area contributed by atoms with Gasteiger partial charge in [0.15, 0.2) is 0 Å². The fourth-order valence-corrected chi connectivity index (χ4v) is 3.81. The van der Waals surface area contributed by atoms with Gasteiger partial charge in [0.2, 0.25) is 0 Å². The van der Waals surface area contributed by atoms with Crippen molar-refractivity contribution in [2.45, 2.75) is 13.1 Å². The van der Waals surface area contributed by atoms with Crippen molar-refractivity contribution in [3.05, 3.63) is 69.2 Å². The molecule has 2 aromatic carbocycles. The maximum atomic E-state index is 6.27. The number of piperazine rings is 1. The molecule has 1 saturated heterocycles. The van der Waals surface area contributed by atoms with Crippen LogP contribution >= 0.6 is 27.5 Å². The highest BCUT2D eigenvalue weighted by molar-refractivity contribution is 9.10. The van der Waals surface area contributed by atoms with Crippen molar-refractivity contribution >= 4 is 27.5 Å². The van der Waals surface area contributed by atoms with Gasteiger partial charge in [-0.25, -0.2) is 0 Å². The van der Waals surface area contributed by atoms with Crippen LogP contribution in [0.5, 0.6) is 0 Å². The quantitative estimate of drug-likeness (QED) is 0.796. The van der Waals surface area contributed by atoms with E-state index in [0.29, 0.717) is 0 Å². The average Bonchev–Trinajstić information content (AvgIpc) is 2.52. The number of nitrogens with one attached hydrogen (secondary N) is 2. The molecule has 0 radical (unpaired) electrons. The second-order valence-corrected chi connectivity index (χ2v) is 7.40. The molecule has 0 spiro atoms. The van der Waals surface area contributed by atoms with Gasteiger partial charge in [-0.3, -0.25) is 0 Å². The maximum absolute atomic E-state index is 6.27. The third-order valence-corrected chi connectivity index (χ3v) is 5.27. The molecule has 116 valence electrons. The van der Waals surface area contributed by atoms with Crippen molar-refractivity contribution in [1.29, 1.82) is 0 Å². The number of benzene rings is 2. The van der Waals surface area contributed by atoms with Crippen molar-refractivity contribution in [2.24, 2.45) is 0 Å². The fraction of sp³-hybridized carbons (Fsp3) is 0.333. The fourth-order valence-electron chi connectivity index (χ4n) is 3.16. The minimum atomic E-state index is 0.902. The van der Waals surface area contributed by atoms with Crippen LogP contribution in [0.1, 0.15) is 11.1 Å². The summed E-state index contributed by atoms with van der Waals surface area (Å²) in [5.74, 6) is 0. The van der Waals surface area contributed by atoms with Crippen LogP contribution in [-0.2, 0) is 13.1 Å². The molecule has 0 aliphatic carbocycles. The van der Waals surface area contributed by atoms with Crippen LogP contribution in [0, 0.1) is 0 Å². The zero-order valence-corrected chi connectivity index (χ0v) is 15.0. The lowest BCUT2D eigenvalue weighted by molar-refractivity contribution is -1.02. The molecule has 0 atom stereocenters. The second kappa shape index (κ2) is 7.60. The molecule has 22 heavy (non-hydrogen) atoms. The van der Waals surface area contributed by atoms with E-state index >= 15 is 0 Å². The summed E-state index contributed by atoms with van der Waals surface area (Å²) in [4.78, 5) is 3.33. The molecule has 3 rings (SSSR count). The van der Waals surface area contributed by atoms with Gasteiger partial charge in [0.05, 0.1) is 0 Å². The SMILES string of the molecule is Clc1ccccc1C[NH+]1CC[NH+](Cc2cccc(Br)c2)CC1. The lowest BCUT2D eigenvalue weighted by Gasteiger charge is -2.30. The largest absolute Gasteiger partial charge is 0.322 e. The van der Waals surface area contributed by atoms with Crippen LogP contribution in [0.4, 0.5) is 0 Å². The summed E-state index contributed by atoms with van der Waals surface area (Å²) in [6, 6.07) is 16.9. The molecular weight excluding hydrogens is 360 g/mol. The number of rotatable bonds is 4. The summed E-state index contributed by atoms with van der Waals surface area (Å²) < 4.78 is 1.17. The number of quaternary nitrogens is 2. The number of hydrogen-bond donors (Lipinski definition) is 2. The van der Waals surface area contributed by atoms with Crippen LogP contribution in [0.25, 0.3) is 0 Å². The number of hydrogen-bond acceptors (Lipinski definition) is 0. The smallest absolute Gasteiger partial charge is 0.127 e. The second-order valence-electron chi connectivity index (χ2n) is 6.07.